The molecule has 0 radical (unpaired) electrons. The number of thiophene rings is 1. The Morgan fingerprint density at radius 3 is 2.68 bits per heavy atom. The van der Waals surface area contributed by atoms with Crippen LogP contribution in [0.25, 0.3) is 10.1 Å². The van der Waals surface area contributed by atoms with Crippen molar-refractivity contribution in [3.8, 4) is 11.5 Å². The Hall–Kier alpha value is -3.81. The molecule has 4 aromatic rings. The van der Waals surface area contributed by atoms with Gasteiger partial charge in [-0.05, 0) is 30.7 Å². The Bertz CT molecular complexity index is 1660. The second kappa shape index (κ2) is 9.57. The van der Waals surface area contributed by atoms with Gasteiger partial charge >= 0.3 is 11.9 Å². The van der Waals surface area contributed by atoms with Crippen LogP contribution < -0.4 is 14.2 Å². The summed E-state index contributed by atoms with van der Waals surface area (Å²) in [4.78, 5) is 24.9. The molecular weight excluding hydrogens is 548 g/mol. The summed E-state index contributed by atoms with van der Waals surface area (Å²) in [6.45, 7) is 1.45. The van der Waals surface area contributed by atoms with Crippen LogP contribution in [0.15, 0.2) is 45.8 Å². The number of aryl methyl sites for hydroxylation is 1. The summed E-state index contributed by atoms with van der Waals surface area (Å²) in [6.07, 6.45) is 0. The molecule has 0 aliphatic carbocycles. The fraction of sp³-hybridized carbons (Fsp3) is 0.174. The lowest BCUT2D eigenvalue weighted by atomic mass is 10.1. The molecule has 11 nitrogen and oxygen atoms in total. The summed E-state index contributed by atoms with van der Waals surface area (Å²) in [7, 11) is -3.27. The Kier molecular flexibility index (Phi) is 6.43. The number of esters is 2. The molecule has 0 saturated heterocycles. The molecule has 2 aromatic carbocycles. The fourth-order valence-electron chi connectivity index (χ4n) is 3.61. The van der Waals surface area contributed by atoms with Crippen LogP contribution in [0.2, 0.25) is 5.02 Å². The van der Waals surface area contributed by atoms with Crippen molar-refractivity contribution in [2.45, 2.75) is 18.4 Å². The summed E-state index contributed by atoms with van der Waals surface area (Å²) in [5, 5.41) is 3.71. The van der Waals surface area contributed by atoms with Gasteiger partial charge in [-0.25, -0.2) is 22.7 Å². The van der Waals surface area contributed by atoms with Crippen molar-refractivity contribution in [3.05, 3.63) is 63.1 Å². The molecule has 0 spiro atoms. The summed E-state index contributed by atoms with van der Waals surface area (Å²) < 4.78 is 55.3. The number of methoxy groups -OCH3 is 1. The zero-order chi connectivity index (χ0) is 26.3. The van der Waals surface area contributed by atoms with Crippen molar-refractivity contribution in [3.63, 3.8) is 0 Å². The van der Waals surface area contributed by atoms with Crippen molar-refractivity contribution in [2.75, 3.05) is 18.6 Å². The number of nitrogens with one attached hydrogen (secondary N) is 1. The Labute approximate surface area is 218 Å². The quantitative estimate of drug-likeness (QED) is 0.318. The van der Waals surface area contributed by atoms with Crippen molar-refractivity contribution in [2.24, 2.45) is 0 Å². The van der Waals surface area contributed by atoms with E-state index in [1.54, 1.807) is 18.2 Å². The van der Waals surface area contributed by atoms with Crippen molar-refractivity contribution < 1.29 is 41.5 Å². The topological polar surface area (TPSA) is 143 Å². The van der Waals surface area contributed by atoms with Crippen LogP contribution in [0, 0.1) is 6.92 Å². The third-order valence-electron chi connectivity index (χ3n) is 5.35. The number of ether oxygens (including phenoxy) is 4. The first-order chi connectivity index (χ1) is 17.7. The van der Waals surface area contributed by atoms with E-state index in [2.05, 4.69) is 9.88 Å². The number of benzene rings is 2. The van der Waals surface area contributed by atoms with Gasteiger partial charge < -0.3 is 23.5 Å². The molecule has 0 amide bonds. The number of hydrogen-bond donors (Lipinski definition) is 1. The van der Waals surface area contributed by atoms with Crippen LogP contribution >= 0.6 is 22.9 Å². The smallest absolute Gasteiger partial charge is 0.350 e. The third-order valence-corrected chi connectivity index (χ3v) is 8.56. The normalized spacial score (nSPS) is 12.5. The summed E-state index contributed by atoms with van der Waals surface area (Å²) in [6, 6.07) is 9.43. The van der Waals surface area contributed by atoms with E-state index in [-0.39, 0.29) is 50.5 Å². The van der Waals surface area contributed by atoms with Gasteiger partial charge in [-0.15, -0.1) is 11.3 Å². The lowest BCUT2D eigenvalue weighted by Gasteiger charge is -2.09. The number of sulfonamides is 1. The van der Waals surface area contributed by atoms with Crippen molar-refractivity contribution in [1.82, 2.24) is 5.16 Å². The van der Waals surface area contributed by atoms with E-state index in [4.69, 9.17) is 35.1 Å². The fourth-order valence-corrected chi connectivity index (χ4v) is 6.66. The first kappa shape index (κ1) is 24.9. The number of nitrogens with zero attached hydrogens (tertiary/aromatic N) is 1. The second-order valence-corrected chi connectivity index (χ2v) is 10.7. The molecule has 14 heteroatoms. The molecule has 192 valence electrons. The van der Waals surface area contributed by atoms with Gasteiger partial charge in [0.05, 0.1) is 17.4 Å². The zero-order valence-electron chi connectivity index (χ0n) is 19.2. The number of carbonyl (C=O) groups excluding carboxylic acids is 2. The zero-order valence-corrected chi connectivity index (χ0v) is 21.6. The Morgan fingerprint density at radius 1 is 1.16 bits per heavy atom. The molecule has 0 fully saturated rings. The second-order valence-electron chi connectivity index (χ2n) is 7.71. The maximum atomic E-state index is 13.5. The molecule has 2 aromatic heterocycles. The summed E-state index contributed by atoms with van der Waals surface area (Å²) in [5.41, 5.74) is 0.955. The molecule has 1 N–H and O–H groups in total. The average Bonchev–Trinajstić information content (AvgIpc) is 3.60. The van der Waals surface area contributed by atoms with Crippen LogP contribution in [-0.2, 0) is 26.1 Å². The molecule has 0 saturated carbocycles. The highest BCUT2D eigenvalue weighted by molar-refractivity contribution is 7.93. The standard InChI is InChI=1S/C23H17ClN2O9S2/c1-11-17(24)21(35-25-11)26-37(29,30)20-13-4-3-5-14(22(27)31-2)18(13)36-19(20)23(28)32-9-12-6-7-15-16(8-12)34-10-33-15/h3-8,26H,9-10H2,1-2H3. The van der Waals surface area contributed by atoms with Gasteiger partial charge in [-0.2, -0.15) is 0 Å². The van der Waals surface area contributed by atoms with E-state index in [1.807, 2.05) is 0 Å². The largest absolute Gasteiger partial charge is 0.465 e. The van der Waals surface area contributed by atoms with Crippen LogP contribution in [0.4, 0.5) is 5.88 Å². The van der Waals surface area contributed by atoms with Crippen LogP contribution in [-0.4, -0.2) is 39.4 Å². The van der Waals surface area contributed by atoms with E-state index >= 15 is 0 Å². The molecule has 1 aliphatic heterocycles. The van der Waals surface area contributed by atoms with E-state index in [9.17, 15) is 18.0 Å². The first-order valence-electron chi connectivity index (χ1n) is 10.5. The molecular formula is C23H17ClN2O9S2. The number of anilines is 1. The van der Waals surface area contributed by atoms with Gasteiger partial charge in [-0.3, -0.25) is 0 Å². The van der Waals surface area contributed by atoms with Gasteiger partial charge in [0.1, 0.15) is 27.1 Å². The SMILES string of the molecule is COC(=O)c1cccc2c(S(=O)(=O)Nc3onc(C)c3Cl)c(C(=O)OCc3ccc4c(c3)OCO4)sc12. The summed E-state index contributed by atoms with van der Waals surface area (Å²) in [5.74, 6) is -0.865. The number of hydrogen-bond acceptors (Lipinski definition) is 11. The van der Waals surface area contributed by atoms with Gasteiger partial charge in [0.25, 0.3) is 15.9 Å². The van der Waals surface area contributed by atoms with E-state index in [0.29, 0.717) is 17.1 Å². The Morgan fingerprint density at radius 2 is 1.95 bits per heavy atom. The minimum Gasteiger partial charge on any atom is -0.465 e. The van der Waals surface area contributed by atoms with E-state index in [1.165, 1.54) is 32.2 Å². The minimum atomic E-state index is -4.47. The molecule has 1 aliphatic rings. The third kappa shape index (κ3) is 4.56. The number of rotatable bonds is 7. The van der Waals surface area contributed by atoms with E-state index < -0.39 is 26.9 Å². The monoisotopic (exact) mass is 564 g/mol. The van der Waals surface area contributed by atoms with E-state index in [0.717, 1.165) is 11.3 Å². The molecule has 0 unspecified atom stereocenters. The highest BCUT2D eigenvalue weighted by atomic mass is 35.5. The van der Waals surface area contributed by atoms with Crippen molar-refractivity contribution >= 4 is 60.9 Å². The van der Waals surface area contributed by atoms with Gasteiger partial charge in [-0.1, -0.05) is 35.0 Å². The predicted octanol–water partition coefficient (Wildman–Crippen LogP) is 4.52. The van der Waals surface area contributed by atoms with Gasteiger partial charge in [0.15, 0.2) is 11.5 Å². The lowest BCUT2D eigenvalue weighted by Crippen LogP contribution is -2.16. The van der Waals surface area contributed by atoms with Crippen molar-refractivity contribution in [1.29, 1.82) is 0 Å². The molecule has 3 heterocycles. The highest BCUT2D eigenvalue weighted by Gasteiger charge is 2.33. The average molecular weight is 565 g/mol. The lowest BCUT2D eigenvalue weighted by molar-refractivity contribution is 0.0473. The molecule has 0 atom stereocenters. The highest BCUT2D eigenvalue weighted by Crippen LogP contribution is 2.39. The number of aromatic nitrogens is 1. The van der Waals surface area contributed by atoms with Crippen LogP contribution in [0.3, 0.4) is 0 Å². The molecule has 37 heavy (non-hydrogen) atoms. The minimum absolute atomic E-state index is 0.0368. The summed E-state index contributed by atoms with van der Waals surface area (Å²) >= 11 is 6.87. The maximum Gasteiger partial charge on any atom is 0.350 e. The predicted molar refractivity (Wildman–Crippen MR) is 132 cm³/mol. The van der Waals surface area contributed by atoms with Crippen LogP contribution in [0.5, 0.6) is 11.5 Å². The van der Waals surface area contributed by atoms with Gasteiger partial charge in [0.2, 0.25) is 6.79 Å². The number of fused-ring (bicyclic) bond motifs is 2. The van der Waals surface area contributed by atoms with Crippen LogP contribution in [0.1, 0.15) is 31.3 Å². The molecule has 0 bridgehead atoms. The maximum absolute atomic E-state index is 13.5. The molecule has 5 rings (SSSR count). The number of carbonyl (C=O) groups is 2. The number of halogens is 1. The first-order valence-corrected chi connectivity index (χ1v) is 13.2. The Balaban J connectivity index is 1.55. The van der Waals surface area contributed by atoms with Gasteiger partial charge in [0, 0.05) is 5.39 Å².